The lowest BCUT2D eigenvalue weighted by atomic mass is 9.85. The summed E-state index contributed by atoms with van der Waals surface area (Å²) in [5.41, 5.74) is 2.29. The Bertz CT molecular complexity index is 880. The van der Waals surface area contributed by atoms with Gasteiger partial charge in [-0.25, -0.2) is 0 Å². The Labute approximate surface area is 141 Å². The highest BCUT2D eigenvalue weighted by Crippen LogP contribution is 2.36. The molecule has 0 spiro atoms. The van der Waals surface area contributed by atoms with E-state index in [-0.39, 0.29) is 16.1 Å². The third kappa shape index (κ3) is 4.18. The molecule has 0 amide bonds. The molecule has 2 aromatic carbocycles. The Kier molecular flexibility index (Phi) is 4.77. The van der Waals surface area contributed by atoms with Crippen LogP contribution in [-0.4, -0.2) is 18.1 Å². The van der Waals surface area contributed by atoms with E-state index in [4.69, 9.17) is 4.55 Å². The van der Waals surface area contributed by atoms with E-state index < -0.39 is 10.1 Å². The van der Waals surface area contributed by atoms with Crippen LogP contribution >= 0.6 is 0 Å². The number of aromatic hydroxyl groups is 1. The maximum Gasteiger partial charge on any atom is 0.294 e. The summed E-state index contributed by atoms with van der Waals surface area (Å²) in [5.74, 6) is 0.249. The molecule has 0 radical (unpaired) electrons. The molecule has 2 aromatic rings. The van der Waals surface area contributed by atoms with E-state index in [1.165, 1.54) is 24.3 Å². The van der Waals surface area contributed by atoms with Crippen molar-refractivity contribution in [3.63, 3.8) is 0 Å². The summed E-state index contributed by atoms with van der Waals surface area (Å²) in [6, 6.07) is 8.91. The molecule has 0 aliphatic carbocycles. The van der Waals surface area contributed by atoms with E-state index in [9.17, 15) is 13.5 Å². The fraction of sp³-hybridized carbons (Fsp3) is 0.294. The topological polar surface area (TPSA) is 99.3 Å². The number of phenols is 1. The molecule has 0 aliphatic heterocycles. The SMILES string of the molecule is Cc1cc(/N=N/c2ccc(S(=O)(=O)O)cc2)cc(C(C)(C)C)c1O. The van der Waals surface area contributed by atoms with Crippen molar-refractivity contribution in [3.05, 3.63) is 47.5 Å². The van der Waals surface area contributed by atoms with Crippen molar-refractivity contribution in [1.82, 2.24) is 0 Å². The van der Waals surface area contributed by atoms with Crippen LogP contribution in [0.25, 0.3) is 0 Å². The van der Waals surface area contributed by atoms with Crippen molar-refractivity contribution in [2.75, 3.05) is 0 Å². The molecule has 0 aliphatic rings. The van der Waals surface area contributed by atoms with Gasteiger partial charge in [-0.15, -0.1) is 0 Å². The molecule has 128 valence electrons. The highest BCUT2D eigenvalue weighted by Gasteiger charge is 2.20. The first-order chi connectivity index (χ1) is 11.0. The normalized spacial score (nSPS) is 12.7. The first kappa shape index (κ1) is 18.1. The fourth-order valence-corrected chi connectivity index (χ4v) is 2.67. The minimum atomic E-state index is -4.22. The molecule has 0 aromatic heterocycles. The van der Waals surface area contributed by atoms with Crippen LogP contribution in [-0.2, 0) is 15.5 Å². The minimum absolute atomic E-state index is 0.197. The van der Waals surface area contributed by atoms with Crippen LogP contribution in [0.15, 0.2) is 51.5 Å². The second-order valence-corrected chi connectivity index (χ2v) is 8.00. The van der Waals surface area contributed by atoms with Gasteiger partial charge in [0, 0.05) is 5.56 Å². The van der Waals surface area contributed by atoms with Crippen LogP contribution in [0, 0.1) is 6.92 Å². The third-order valence-electron chi connectivity index (χ3n) is 3.51. The molecule has 7 heteroatoms. The monoisotopic (exact) mass is 348 g/mol. The Hall–Kier alpha value is -2.25. The van der Waals surface area contributed by atoms with E-state index in [0.29, 0.717) is 16.9 Å². The van der Waals surface area contributed by atoms with Gasteiger partial charge in [0.15, 0.2) is 0 Å². The van der Waals surface area contributed by atoms with E-state index in [0.717, 1.165) is 5.56 Å². The van der Waals surface area contributed by atoms with E-state index >= 15 is 0 Å². The molecule has 0 fully saturated rings. The average Bonchev–Trinajstić information content (AvgIpc) is 2.46. The van der Waals surface area contributed by atoms with Crippen molar-refractivity contribution in [3.8, 4) is 5.75 Å². The molecular formula is C17H20N2O4S. The highest BCUT2D eigenvalue weighted by molar-refractivity contribution is 7.85. The highest BCUT2D eigenvalue weighted by atomic mass is 32.2. The molecule has 0 saturated heterocycles. The quantitative estimate of drug-likeness (QED) is 0.622. The van der Waals surface area contributed by atoms with Gasteiger partial charge in [0.25, 0.3) is 10.1 Å². The number of azo groups is 1. The number of benzene rings is 2. The van der Waals surface area contributed by atoms with Crippen molar-refractivity contribution in [2.24, 2.45) is 10.2 Å². The smallest absolute Gasteiger partial charge is 0.294 e. The Morgan fingerprint density at radius 3 is 2.00 bits per heavy atom. The average molecular weight is 348 g/mol. The summed E-state index contributed by atoms with van der Waals surface area (Å²) in [7, 11) is -4.22. The molecular weight excluding hydrogens is 328 g/mol. The zero-order valence-electron chi connectivity index (χ0n) is 14.0. The van der Waals surface area contributed by atoms with Crippen LogP contribution in [0.1, 0.15) is 31.9 Å². The van der Waals surface area contributed by atoms with Gasteiger partial charge < -0.3 is 5.11 Å². The zero-order chi connectivity index (χ0) is 18.1. The minimum Gasteiger partial charge on any atom is -0.507 e. The zero-order valence-corrected chi connectivity index (χ0v) is 14.8. The number of aryl methyl sites for hydroxylation is 1. The molecule has 2 N–H and O–H groups in total. The van der Waals surface area contributed by atoms with Crippen molar-refractivity contribution < 1.29 is 18.1 Å². The standard InChI is InChI=1S/C17H20N2O4S/c1-11-9-13(10-15(16(11)20)17(2,3)4)19-18-12-5-7-14(8-6-12)24(21,22)23/h5-10,20H,1-4H3,(H,21,22,23)/b19-18+. The van der Waals surface area contributed by atoms with Gasteiger partial charge in [0.1, 0.15) is 5.75 Å². The summed E-state index contributed by atoms with van der Waals surface area (Å²) >= 11 is 0. The van der Waals surface area contributed by atoms with Crippen LogP contribution < -0.4 is 0 Å². The first-order valence-electron chi connectivity index (χ1n) is 7.32. The molecule has 24 heavy (non-hydrogen) atoms. The van der Waals surface area contributed by atoms with E-state index in [2.05, 4.69) is 10.2 Å². The Morgan fingerprint density at radius 2 is 1.50 bits per heavy atom. The van der Waals surface area contributed by atoms with E-state index in [1.54, 1.807) is 19.1 Å². The second-order valence-electron chi connectivity index (χ2n) is 6.58. The van der Waals surface area contributed by atoms with Crippen LogP contribution in [0.5, 0.6) is 5.75 Å². The van der Waals surface area contributed by atoms with Crippen LogP contribution in [0.3, 0.4) is 0 Å². The lowest BCUT2D eigenvalue weighted by Gasteiger charge is -2.21. The maximum absolute atomic E-state index is 11.0. The van der Waals surface area contributed by atoms with Gasteiger partial charge in [-0.05, 0) is 54.3 Å². The number of hydrogen-bond donors (Lipinski definition) is 2. The molecule has 0 heterocycles. The number of rotatable bonds is 3. The summed E-state index contributed by atoms with van der Waals surface area (Å²) in [6.07, 6.45) is 0. The molecule has 0 bridgehead atoms. The molecule has 0 saturated carbocycles. The first-order valence-corrected chi connectivity index (χ1v) is 8.76. The van der Waals surface area contributed by atoms with Gasteiger partial charge in [0.05, 0.1) is 16.3 Å². The van der Waals surface area contributed by atoms with Crippen LogP contribution in [0.4, 0.5) is 11.4 Å². The van der Waals surface area contributed by atoms with Crippen molar-refractivity contribution >= 4 is 21.5 Å². The van der Waals surface area contributed by atoms with E-state index in [1.807, 2.05) is 20.8 Å². The Morgan fingerprint density at radius 1 is 0.958 bits per heavy atom. The summed E-state index contributed by atoms with van der Waals surface area (Å²) < 4.78 is 30.9. The largest absolute Gasteiger partial charge is 0.507 e. The molecule has 2 rings (SSSR count). The van der Waals surface area contributed by atoms with Gasteiger partial charge in [-0.3, -0.25) is 4.55 Å². The maximum atomic E-state index is 11.0. The molecule has 0 unspecified atom stereocenters. The predicted octanol–water partition coefficient (Wildman–Crippen LogP) is 4.66. The van der Waals surface area contributed by atoms with Crippen molar-refractivity contribution in [1.29, 1.82) is 0 Å². The number of phenolic OH excluding ortho intramolecular Hbond substituents is 1. The van der Waals surface area contributed by atoms with Gasteiger partial charge >= 0.3 is 0 Å². The second kappa shape index (κ2) is 6.33. The lowest BCUT2D eigenvalue weighted by molar-refractivity contribution is 0.443. The number of hydrogen-bond acceptors (Lipinski definition) is 5. The van der Waals surface area contributed by atoms with Crippen LogP contribution in [0.2, 0.25) is 0 Å². The summed E-state index contributed by atoms with van der Waals surface area (Å²) in [6.45, 7) is 7.79. The van der Waals surface area contributed by atoms with Gasteiger partial charge in [-0.2, -0.15) is 18.6 Å². The summed E-state index contributed by atoms with van der Waals surface area (Å²) in [4.78, 5) is -0.197. The van der Waals surface area contributed by atoms with Gasteiger partial charge in [0.2, 0.25) is 0 Å². The molecule has 6 nitrogen and oxygen atoms in total. The summed E-state index contributed by atoms with van der Waals surface area (Å²) in [5, 5.41) is 18.4. The third-order valence-corrected chi connectivity index (χ3v) is 4.38. The van der Waals surface area contributed by atoms with Gasteiger partial charge in [-0.1, -0.05) is 20.8 Å². The molecule has 0 atom stereocenters. The number of nitrogens with zero attached hydrogens (tertiary/aromatic N) is 2. The lowest BCUT2D eigenvalue weighted by Crippen LogP contribution is -2.11. The Balaban J connectivity index is 2.34. The fourth-order valence-electron chi connectivity index (χ4n) is 2.19. The predicted molar refractivity (Wildman–Crippen MR) is 92.0 cm³/mol. The van der Waals surface area contributed by atoms with Crippen molar-refractivity contribution in [2.45, 2.75) is 38.0 Å².